The Hall–Kier alpha value is -2.27. The summed E-state index contributed by atoms with van der Waals surface area (Å²) in [6, 6.07) is 9.49. The van der Waals surface area contributed by atoms with Gasteiger partial charge in [0, 0.05) is 6.04 Å². The predicted molar refractivity (Wildman–Crippen MR) is 78.7 cm³/mol. The van der Waals surface area contributed by atoms with Crippen LogP contribution in [0.15, 0.2) is 34.7 Å². The molecule has 2 rings (SSSR count). The molecule has 0 aliphatic rings. The van der Waals surface area contributed by atoms with Crippen molar-refractivity contribution in [3.05, 3.63) is 53.0 Å². The van der Waals surface area contributed by atoms with E-state index in [0.29, 0.717) is 18.1 Å². The van der Waals surface area contributed by atoms with Gasteiger partial charge in [0.2, 0.25) is 0 Å². The summed E-state index contributed by atoms with van der Waals surface area (Å²) in [5.74, 6) is 0.895. The molecule has 0 saturated heterocycles. The van der Waals surface area contributed by atoms with Crippen LogP contribution >= 0.6 is 0 Å². The number of benzene rings is 1. The highest BCUT2D eigenvalue weighted by molar-refractivity contribution is 5.88. The number of hydrogen-bond acceptors (Lipinski definition) is 4. The summed E-state index contributed by atoms with van der Waals surface area (Å²) in [6.45, 7) is 4.16. The Balaban J connectivity index is 1.98. The van der Waals surface area contributed by atoms with Gasteiger partial charge < -0.3 is 19.6 Å². The lowest BCUT2D eigenvalue weighted by molar-refractivity contribution is 0.0695. The molecule has 0 saturated carbocycles. The molecule has 0 aliphatic heterocycles. The SMILES string of the molecule is COc1ccc([C@@H](C)NCc2cc(C(=O)O)c(C)o2)cc1. The van der Waals surface area contributed by atoms with Crippen LogP contribution < -0.4 is 10.1 Å². The molecule has 1 heterocycles. The van der Waals surface area contributed by atoms with Gasteiger partial charge in [0.05, 0.1) is 13.7 Å². The van der Waals surface area contributed by atoms with Crippen molar-refractivity contribution >= 4 is 5.97 Å². The third-order valence-electron chi connectivity index (χ3n) is 3.40. The fourth-order valence-corrected chi connectivity index (χ4v) is 2.11. The molecule has 0 aliphatic carbocycles. The fourth-order valence-electron chi connectivity index (χ4n) is 2.11. The molecule has 5 nitrogen and oxygen atoms in total. The summed E-state index contributed by atoms with van der Waals surface area (Å²) in [6.07, 6.45) is 0. The summed E-state index contributed by atoms with van der Waals surface area (Å²) in [5, 5.41) is 12.3. The topological polar surface area (TPSA) is 71.7 Å². The van der Waals surface area contributed by atoms with Gasteiger partial charge >= 0.3 is 5.97 Å². The highest BCUT2D eigenvalue weighted by atomic mass is 16.5. The van der Waals surface area contributed by atoms with Gasteiger partial charge in [-0.3, -0.25) is 0 Å². The normalized spacial score (nSPS) is 12.1. The molecule has 0 unspecified atom stereocenters. The van der Waals surface area contributed by atoms with Crippen molar-refractivity contribution in [2.45, 2.75) is 26.4 Å². The Morgan fingerprint density at radius 2 is 2.05 bits per heavy atom. The molecule has 0 bridgehead atoms. The number of hydrogen-bond donors (Lipinski definition) is 2. The number of furan rings is 1. The van der Waals surface area contributed by atoms with Crippen molar-refractivity contribution in [2.75, 3.05) is 7.11 Å². The fraction of sp³-hybridized carbons (Fsp3) is 0.312. The van der Waals surface area contributed by atoms with Crippen LogP contribution in [0, 0.1) is 6.92 Å². The van der Waals surface area contributed by atoms with Gasteiger partial charge in [0.15, 0.2) is 0 Å². The van der Waals surface area contributed by atoms with Crippen LogP contribution in [0.3, 0.4) is 0 Å². The van der Waals surface area contributed by atoms with Crippen molar-refractivity contribution < 1.29 is 19.1 Å². The van der Waals surface area contributed by atoms with Gasteiger partial charge in [-0.1, -0.05) is 12.1 Å². The lowest BCUT2D eigenvalue weighted by Gasteiger charge is -2.13. The zero-order chi connectivity index (χ0) is 15.4. The van der Waals surface area contributed by atoms with E-state index in [1.807, 2.05) is 31.2 Å². The number of ether oxygens (including phenoxy) is 1. The van der Waals surface area contributed by atoms with E-state index in [-0.39, 0.29) is 11.6 Å². The van der Waals surface area contributed by atoms with Crippen molar-refractivity contribution in [1.29, 1.82) is 0 Å². The minimum atomic E-state index is -0.967. The number of aryl methyl sites for hydroxylation is 1. The van der Waals surface area contributed by atoms with Crippen molar-refractivity contribution in [3.8, 4) is 5.75 Å². The lowest BCUT2D eigenvalue weighted by atomic mass is 10.1. The van der Waals surface area contributed by atoms with Crippen LogP contribution in [0.25, 0.3) is 0 Å². The molecule has 112 valence electrons. The van der Waals surface area contributed by atoms with Crippen molar-refractivity contribution in [3.63, 3.8) is 0 Å². The molecule has 0 spiro atoms. The molecule has 1 aromatic heterocycles. The number of aromatic carboxylic acids is 1. The van der Waals surface area contributed by atoms with Crippen molar-refractivity contribution in [1.82, 2.24) is 5.32 Å². The highest BCUT2D eigenvalue weighted by Gasteiger charge is 2.14. The number of nitrogens with one attached hydrogen (secondary N) is 1. The molecule has 2 N–H and O–H groups in total. The predicted octanol–water partition coefficient (Wildman–Crippen LogP) is 3.15. The van der Waals surface area contributed by atoms with Gasteiger partial charge in [-0.05, 0) is 37.6 Å². The monoisotopic (exact) mass is 289 g/mol. The van der Waals surface area contributed by atoms with Gasteiger partial charge in [-0.2, -0.15) is 0 Å². The molecule has 0 fully saturated rings. The molecule has 0 amide bonds. The van der Waals surface area contributed by atoms with Crippen LogP contribution in [0.2, 0.25) is 0 Å². The van der Waals surface area contributed by atoms with E-state index in [0.717, 1.165) is 11.3 Å². The summed E-state index contributed by atoms with van der Waals surface area (Å²) in [4.78, 5) is 11.0. The molecule has 5 heteroatoms. The van der Waals surface area contributed by atoms with Gasteiger partial charge in [-0.25, -0.2) is 4.79 Å². The second-order valence-electron chi connectivity index (χ2n) is 4.86. The summed E-state index contributed by atoms with van der Waals surface area (Å²) in [5.41, 5.74) is 1.33. The molecule has 1 atom stereocenters. The van der Waals surface area contributed by atoms with Crippen LogP contribution in [0.4, 0.5) is 0 Å². The Bertz CT molecular complexity index is 616. The Kier molecular flexibility index (Phi) is 4.65. The van der Waals surface area contributed by atoms with Gasteiger partial charge in [0.1, 0.15) is 22.8 Å². The second-order valence-corrected chi connectivity index (χ2v) is 4.86. The molecule has 21 heavy (non-hydrogen) atoms. The molecule has 2 aromatic rings. The first-order valence-electron chi connectivity index (χ1n) is 6.71. The first kappa shape index (κ1) is 15.1. The summed E-state index contributed by atoms with van der Waals surface area (Å²) >= 11 is 0. The van der Waals surface area contributed by atoms with Crippen LogP contribution in [0.1, 0.15) is 40.4 Å². The lowest BCUT2D eigenvalue weighted by Crippen LogP contribution is -2.17. The first-order valence-corrected chi connectivity index (χ1v) is 6.71. The minimum absolute atomic E-state index is 0.120. The standard InChI is InChI=1S/C16H19NO4/c1-10(12-4-6-13(20-3)7-5-12)17-9-14-8-15(16(18)19)11(2)21-14/h4-8,10,17H,9H2,1-3H3,(H,18,19)/t10-/m1/s1. The Morgan fingerprint density at radius 3 is 2.57 bits per heavy atom. The molecular formula is C16H19NO4. The highest BCUT2D eigenvalue weighted by Crippen LogP contribution is 2.19. The summed E-state index contributed by atoms with van der Waals surface area (Å²) < 4.78 is 10.6. The minimum Gasteiger partial charge on any atom is -0.497 e. The zero-order valence-electron chi connectivity index (χ0n) is 12.3. The smallest absolute Gasteiger partial charge is 0.339 e. The number of carbonyl (C=O) groups is 1. The maximum absolute atomic E-state index is 11.0. The van der Waals surface area contributed by atoms with E-state index >= 15 is 0 Å². The Morgan fingerprint density at radius 1 is 1.38 bits per heavy atom. The number of carboxylic acid groups (broad SMARTS) is 1. The first-order chi connectivity index (χ1) is 10.0. The average Bonchev–Trinajstić information content (AvgIpc) is 2.86. The summed E-state index contributed by atoms with van der Waals surface area (Å²) in [7, 11) is 1.63. The number of carboxylic acids is 1. The third-order valence-corrected chi connectivity index (χ3v) is 3.40. The van der Waals surface area contributed by atoms with E-state index < -0.39 is 5.97 Å². The van der Waals surface area contributed by atoms with Gasteiger partial charge in [-0.15, -0.1) is 0 Å². The van der Waals surface area contributed by atoms with Crippen molar-refractivity contribution in [2.24, 2.45) is 0 Å². The van der Waals surface area contributed by atoms with E-state index in [2.05, 4.69) is 5.32 Å². The van der Waals surface area contributed by atoms with Crippen LogP contribution in [0.5, 0.6) is 5.75 Å². The largest absolute Gasteiger partial charge is 0.497 e. The Labute approximate surface area is 123 Å². The quantitative estimate of drug-likeness (QED) is 0.854. The van der Waals surface area contributed by atoms with Crippen LogP contribution in [-0.2, 0) is 6.54 Å². The zero-order valence-corrected chi connectivity index (χ0v) is 12.3. The number of methoxy groups -OCH3 is 1. The van der Waals surface area contributed by atoms with Crippen LogP contribution in [-0.4, -0.2) is 18.2 Å². The average molecular weight is 289 g/mol. The second kappa shape index (κ2) is 6.45. The number of rotatable bonds is 6. The van der Waals surface area contributed by atoms with Gasteiger partial charge in [0.25, 0.3) is 0 Å². The molecule has 0 radical (unpaired) electrons. The maximum Gasteiger partial charge on any atom is 0.339 e. The molecular weight excluding hydrogens is 270 g/mol. The third kappa shape index (κ3) is 3.64. The molecule has 1 aromatic carbocycles. The van der Waals surface area contributed by atoms with E-state index in [1.54, 1.807) is 20.1 Å². The maximum atomic E-state index is 11.0. The van der Waals surface area contributed by atoms with E-state index in [1.165, 1.54) is 0 Å². The van der Waals surface area contributed by atoms with E-state index in [4.69, 9.17) is 14.3 Å². The van der Waals surface area contributed by atoms with E-state index in [9.17, 15) is 4.79 Å².